The van der Waals surface area contributed by atoms with Gasteiger partial charge in [-0.3, -0.25) is 0 Å². The Kier molecular flexibility index (Phi) is 10.5. The Hall–Kier alpha value is -1.56. The quantitative estimate of drug-likeness (QED) is 0.274. The minimum Gasteiger partial charge on any atom is -0.0991 e. The van der Waals surface area contributed by atoms with E-state index >= 15 is 0 Å². The molecule has 2 rings (SSSR count). The minimum absolute atomic E-state index is 0.599. The first-order valence-electron chi connectivity index (χ1n) is 12.2. The molecule has 0 aromatic rings. The van der Waals surface area contributed by atoms with Crippen LogP contribution in [0.3, 0.4) is 0 Å². The second-order valence-corrected chi connectivity index (χ2v) is 9.24. The van der Waals surface area contributed by atoms with Gasteiger partial charge < -0.3 is 0 Å². The molecule has 3 atom stereocenters. The lowest BCUT2D eigenvalue weighted by Gasteiger charge is -2.22. The summed E-state index contributed by atoms with van der Waals surface area (Å²) in [5, 5.41) is 0. The second-order valence-electron chi connectivity index (χ2n) is 9.24. The molecular weight excluding hydrogens is 348 g/mol. The van der Waals surface area contributed by atoms with E-state index in [1.165, 1.54) is 75.4 Å². The predicted molar refractivity (Wildman–Crippen MR) is 131 cm³/mol. The smallest absolute Gasteiger partial charge is 0.00392 e. The number of hydrogen-bond acceptors (Lipinski definition) is 0. The molecule has 0 heteroatoms. The Morgan fingerprint density at radius 3 is 2.69 bits per heavy atom. The summed E-state index contributed by atoms with van der Waals surface area (Å²) in [5.41, 5.74) is 6.25. The standard InChI is InChI=1S/C29H44/c1-6-9-16-28-24(5)18-20-29(28)27(13-7-2)22-25(8-3)19-17-23(4)21-26-14-11-10-12-15-26/h7,11,13-15,18,20,23-25H,2,6,8-10,12,16-17,19,21-22H2,1,3-5H3/b27-13+. The second kappa shape index (κ2) is 12.9. The molecule has 0 heterocycles. The summed E-state index contributed by atoms with van der Waals surface area (Å²) >= 11 is 0. The molecule has 0 aromatic heterocycles. The lowest BCUT2D eigenvalue weighted by atomic mass is 9.84. The van der Waals surface area contributed by atoms with Gasteiger partial charge in [-0.2, -0.15) is 0 Å². The molecular formula is C29H44. The minimum atomic E-state index is 0.599. The summed E-state index contributed by atoms with van der Waals surface area (Å²) in [6, 6.07) is 0. The van der Waals surface area contributed by atoms with Crippen LogP contribution in [0.5, 0.6) is 0 Å². The van der Waals surface area contributed by atoms with Crippen LogP contribution < -0.4 is 0 Å². The first-order chi connectivity index (χ1) is 14.1. The van der Waals surface area contributed by atoms with Gasteiger partial charge in [-0.25, -0.2) is 0 Å². The molecule has 0 fully saturated rings. The Bertz CT molecular complexity index is 664. The van der Waals surface area contributed by atoms with E-state index in [1.54, 1.807) is 11.1 Å². The summed E-state index contributed by atoms with van der Waals surface area (Å²) in [6.45, 7) is 13.5. The zero-order chi connectivity index (χ0) is 21.1. The van der Waals surface area contributed by atoms with E-state index < -0.39 is 0 Å². The molecule has 0 saturated heterocycles. The molecule has 0 amide bonds. The van der Waals surface area contributed by atoms with Crippen LogP contribution in [-0.4, -0.2) is 0 Å². The van der Waals surface area contributed by atoms with Crippen molar-refractivity contribution in [2.45, 2.75) is 91.9 Å². The molecule has 29 heavy (non-hydrogen) atoms. The highest BCUT2D eigenvalue weighted by molar-refractivity contribution is 5.50. The number of rotatable bonds is 13. The third-order valence-corrected chi connectivity index (χ3v) is 6.72. The van der Waals surface area contributed by atoms with Gasteiger partial charge in [0, 0.05) is 0 Å². The van der Waals surface area contributed by atoms with Crippen LogP contribution in [0.15, 0.2) is 71.4 Å². The zero-order valence-corrected chi connectivity index (χ0v) is 19.6. The first kappa shape index (κ1) is 23.7. The summed E-state index contributed by atoms with van der Waals surface area (Å²) in [7, 11) is 0. The van der Waals surface area contributed by atoms with Crippen molar-refractivity contribution in [1.29, 1.82) is 0 Å². The van der Waals surface area contributed by atoms with Gasteiger partial charge >= 0.3 is 0 Å². The molecule has 0 radical (unpaired) electrons. The van der Waals surface area contributed by atoms with E-state index in [1.807, 2.05) is 6.08 Å². The van der Waals surface area contributed by atoms with E-state index in [0.717, 1.165) is 11.8 Å². The van der Waals surface area contributed by atoms with Crippen molar-refractivity contribution in [2.75, 3.05) is 0 Å². The highest BCUT2D eigenvalue weighted by Gasteiger charge is 2.21. The third-order valence-electron chi connectivity index (χ3n) is 6.72. The number of unbranched alkanes of at least 4 members (excludes halogenated alkanes) is 1. The highest BCUT2D eigenvalue weighted by Crippen LogP contribution is 2.37. The van der Waals surface area contributed by atoms with Crippen LogP contribution in [-0.2, 0) is 0 Å². The molecule has 160 valence electrons. The Labute approximate surface area is 181 Å². The van der Waals surface area contributed by atoms with Gasteiger partial charge in [-0.05, 0) is 73.8 Å². The number of hydrogen-bond donors (Lipinski definition) is 0. The van der Waals surface area contributed by atoms with Crippen LogP contribution in [0, 0.1) is 17.8 Å². The first-order valence-corrected chi connectivity index (χ1v) is 12.2. The largest absolute Gasteiger partial charge is 0.0991 e. The molecule has 0 nitrogen and oxygen atoms in total. The van der Waals surface area contributed by atoms with Gasteiger partial charge in [0.15, 0.2) is 0 Å². The summed E-state index contributed by atoms with van der Waals surface area (Å²) in [4.78, 5) is 0. The fourth-order valence-electron chi connectivity index (χ4n) is 4.77. The van der Waals surface area contributed by atoms with E-state index in [2.05, 4.69) is 70.7 Å². The monoisotopic (exact) mass is 392 g/mol. The van der Waals surface area contributed by atoms with Crippen LogP contribution in [0.2, 0.25) is 0 Å². The van der Waals surface area contributed by atoms with E-state index in [4.69, 9.17) is 0 Å². The van der Waals surface area contributed by atoms with Crippen molar-refractivity contribution in [1.82, 2.24) is 0 Å². The van der Waals surface area contributed by atoms with Crippen LogP contribution in [0.4, 0.5) is 0 Å². The molecule has 0 aromatic carbocycles. The fraction of sp³-hybridized carbons (Fsp3) is 0.586. The normalized spacial score (nSPS) is 21.4. The van der Waals surface area contributed by atoms with Crippen LogP contribution in [0.1, 0.15) is 91.9 Å². The molecule has 0 saturated carbocycles. The molecule has 0 bridgehead atoms. The highest BCUT2D eigenvalue weighted by atomic mass is 14.3. The maximum Gasteiger partial charge on any atom is -0.00392 e. The van der Waals surface area contributed by atoms with E-state index in [0.29, 0.717) is 5.92 Å². The zero-order valence-electron chi connectivity index (χ0n) is 19.6. The van der Waals surface area contributed by atoms with E-state index in [9.17, 15) is 0 Å². The lowest BCUT2D eigenvalue weighted by Crippen LogP contribution is -2.07. The van der Waals surface area contributed by atoms with Gasteiger partial charge in [0.1, 0.15) is 0 Å². The summed E-state index contributed by atoms with van der Waals surface area (Å²) in [5.74, 6) is 2.14. The van der Waals surface area contributed by atoms with Crippen molar-refractivity contribution in [3.8, 4) is 0 Å². The van der Waals surface area contributed by atoms with Gasteiger partial charge in [0.2, 0.25) is 0 Å². The van der Waals surface area contributed by atoms with Crippen molar-refractivity contribution < 1.29 is 0 Å². The van der Waals surface area contributed by atoms with Crippen molar-refractivity contribution in [3.63, 3.8) is 0 Å². The fourth-order valence-corrected chi connectivity index (χ4v) is 4.77. The van der Waals surface area contributed by atoms with E-state index in [-0.39, 0.29) is 0 Å². The lowest BCUT2D eigenvalue weighted by molar-refractivity contribution is 0.397. The van der Waals surface area contributed by atoms with Crippen LogP contribution in [0.25, 0.3) is 0 Å². The summed E-state index contributed by atoms with van der Waals surface area (Å²) in [6.07, 6.45) is 28.8. The Balaban J connectivity index is 1.98. The van der Waals surface area contributed by atoms with Gasteiger partial charge in [0.05, 0.1) is 0 Å². The Morgan fingerprint density at radius 1 is 1.21 bits per heavy atom. The Morgan fingerprint density at radius 2 is 2.03 bits per heavy atom. The number of allylic oxidation sites excluding steroid dienone is 11. The SMILES string of the molecule is C=C/C=C(\CC(CC)CCC(C)CC1=CCCC=C1)C1=C(CCCC)C(C)C=C1. The van der Waals surface area contributed by atoms with Gasteiger partial charge in [0.25, 0.3) is 0 Å². The third kappa shape index (κ3) is 7.65. The molecule has 3 unspecified atom stereocenters. The molecule has 2 aliphatic carbocycles. The van der Waals surface area contributed by atoms with Crippen LogP contribution >= 0.6 is 0 Å². The average molecular weight is 393 g/mol. The summed E-state index contributed by atoms with van der Waals surface area (Å²) < 4.78 is 0. The molecule has 0 spiro atoms. The maximum absolute atomic E-state index is 4.01. The van der Waals surface area contributed by atoms with Gasteiger partial charge in [-0.1, -0.05) is 107 Å². The van der Waals surface area contributed by atoms with Gasteiger partial charge in [-0.15, -0.1) is 0 Å². The molecule has 0 aliphatic heterocycles. The predicted octanol–water partition coefficient (Wildman–Crippen LogP) is 9.29. The van der Waals surface area contributed by atoms with Crippen molar-refractivity contribution in [3.05, 3.63) is 71.4 Å². The maximum atomic E-state index is 4.01. The molecule has 2 aliphatic rings. The topological polar surface area (TPSA) is 0 Å². The molecule has 0 N–H and O–H groups in total. The van der Waals surface area contributed by atoms with Crippen molar-refractivity contribution >= 4 is 0 Å². The van der Waals surface area contributed by atoms with Crippen molar-refractivity contribution in [2.24, 2.45) is 17.8 Å². The average Bonchev–Trinajstić information content (AvgIpc) is 3.09.